The van der Waals surface area contributed by atoms with Gasteiger partial charge >= 0.3 is 5.97 Å². The Bertz CT molecular complexity index is 1330. The van der Waals surface area contributed by atoms with Gasteiger partial charge in [0.15, 0.2) is 11.5 Å². The van der Waals surface area contributed by atoms with E-state index in [1.165, 1.54) is 0 Å². The minimum absolute atomic E-state index is 0.0955. The van der Waals surface area contributed by atoms with Crippen LogP contribution in [0.3, 0.4) is 0 Å². The highest BCUT2D eigenvalue weighted by molar-refractivity contribution is 6.01. The van der Waals surface area contributed by atoms with Crippen molar-refractivity contribution in [1.29, 1.82) is 0 Å². The average Bonchev–Trinajstić information content (AvgIpc) is 3.15. The number of carboxylic acids is 1. The Morgan fingerprint density at radius 2 is 1.85 bits per heavy atom. The zero-order valence-electron chi connectivity index (χ0n) is 18.5. The van der Waals surface area contributed by atoms with Crippen LogP contribution in [0, 0.1) is 0 Å². The third-order valence-electron chi connectivity index (χ3n) is 6.59. The summed E-state index contributed by atoms with van der Waals surface area (Å²) in [4.78, 5) is 43.7. The molecule has 0 unspecified atom stereocenters. The number of aromatic nitrogens is 3. The van der Waals surface area contributed by atoms with Gasteiger partial charge in [0.05, 0.1) is 5.69 Å². The van der Waals surface area contributed by atoms with Crippen LogP contribution in [0.25, 0.3) is 22.6 Å². The molecule has 8 heteroatoms. The molecule has 33 heavy (non-hydrogen) atoms. The van der Waals surface area contributed by atoms with Crippen LogP contribution in [0.4, 0.5) is 5.69 Å². The fourth-order valence-corrected chi connectivity index (χ4v) is 4.89. The lowest BCUT2D eigenvalue weighted by atomic mass is 9.95. The van der Waals surface area contributed by atoms with E-state index in [1.54, 1.807) is 15.6 Å². The van der Waals surface area contributed by atoms with Crippen LogP contribution in [-0.4, -0.2) is 31.7 Å². The summed E-state index contributed by atoms with van der Waals surface area (Å²) in [6.45, 7) is 4.19. The standard InChI is InChI=1S/C25H24N4O4/c1-15(2)16-7-9-17(10-8-16)22-24(33)26-23-18-5-3-4-6-19(18)28-20(30)11-13-25(28,29(23)27-22)14-12-21(31)32/h3-10,15H,11-14H2,1-2H3,(H,31,32)/t25-/m0/s1. The number of carbonyl (C=O) groups excluding carboxylic acids is 1. The zero-order valence-corrected chi connectivity index (χ0v) is 18.5. The molecular formula is C25H24N4O4. The van der Waals surface area contributed by atoms with E-state index >= 15 is 0 Å². The van der Waals surface area contributed by atoms with Gasteiger partial charge in [-0.3, -0.25) is 19.3 Å². The lowest BCUT2D eigenvalue weighted by Gasteiger charge is -2.44. The van der Waals surface area contributed by atoms with Gasteiger partial charge in [-0.1, -0.05) is 50.2 Å². The first-order chi connectivity index (χ1) is 15.8. The summed E-state index contributed by atoms with van der Waals surface area (Å²) in [7, 11) is 0. The third-order valence-corrected chi connectivity index (χ3v) is 6.59. The second kappa shape index (κ2) is 7.65. The van der Waals surface area contributed by atoms with Crippen molar-refractivity contribution in [2.75, 3.05) is 4.90 Å². The number of hydrogen-bond acceptors (Lipinski definition) is 5. The van der Waals surface area contributed by atoms with Gasteiger partial charge < -0.3 is 5.11 Å². The first kappa shape index (κ1) is 21.1. The van der Waals surface area contributed by atoms with E-state index in [0.29, 0.717) is 35.0 Å². The maximum atomic E-state index is 13.1. The Hall–Kier alpha value is -3.81. The summed E-state index contributed by atoms with van der Waals surface area (Å²) in [5, 5.41) is 14.2. The van der Waals surface area contributed by atoms with E-state index in [1.807, 2.05) is 42.5 Å². The molecule has 0 bridgehead atoms. The molecule has 1 amide bonds. The molecule has 1 saturated heterocycles. The third kappa shape index (κ3) is 3.25. The fourth-order valence-electron chi connectivity index (χ4n) is 4.89. The van der Waals surface area contributed by atoms with E-state index in [4.69, 9.17) is 5.10 Å². The molecule has 0 radical (unpaired) electrons. The Balaban J connectivity index is 1.75. The van der Waals surface area contributed by atoms with Crippen molar-refractivity contribution in [3.63, 3.8) is 0 Å². The Labute approximate surface area is 190 Å². The fraction of sp³-hybridized carbons (Fsp3) is 0.320. The van der Waals surface area contributed by atoms with Gasteiger partial charge in [0.1, 0.15) is 5.66 Å². The van der Waals surface area contributed by atoms with Crippen molar-refractivity contribution in [3.8, 4) is 22.6 Å². The first-order valence-corrected chi connectivity index (χ1v) is 11.1. The first-order valence-electron chi connectivity index (χ1n) is 11.1. The number of amides is 1. The molecule has 8 nitrogen and oxygen atoms in total. The quantitative estimate of drug-likeness (QED) is 0.642. The van der Waals surface area contributed by atoms with Crippen LogP contribution >= 0.6 is 0 Å². The summed E-state index contributed by atoms with van der Waals surface area (Å²) < 4.78 is 1.62. The van der Waals surface area contributed by atoms with Crippen molar-refractivity contribution in [3.05, 3.63) is 64.4 Å². The number of carbonyl (C=O) groups is 2. The molecule has 1 atom stereocenters. The average molecular weight is 444 g/mol. The zero-order chi connectivity index (χ0) is 23.3. The maximum Gasteiger partial charge on any atom is 0.303 e. The number of anilines is 1. The smallest absolute Gasteiger partial charge is 0.303 e. The van der Waals surface area contributed by atoms with Crippen LogP contribution in [-0.2, 0) is 15.3 Å². The van der Waals surface area contributed by atoms with E-state index in [9.17, 15) is 19.5 Å². The summed E-state index contributed by atoms with van der Waals surface area (Å²) in [5.41, 5.74) is 1.74. The predicted octanol–water partition coefficient (Wildman–Crippen LogP) is 3.75. The SMILES string of the molecule is CC(C)c1ccc(-c2nn3c(nc2=O)-c2ccccc2N2C(=O)CC[C@]23CCC(=O)O)cc1. The van der Waals surface area contributed by atoms with Gasteiger partial charge in [0.25, 0.3) is 5.56 Å². The number of hydrogen-bond donors (Lipinski definition) is 1. The highest BCUT2D eigenvalue weighted by Crippen LogP contribution is 2.49. The van der Waals surface area contributed by atoms with E-state index in [2.05, 4.69) is 18.8 Å². The molecular weight excluding hydrogens is 420 g/mol. The number of aliphatic carboxylic acids is 1. The number of benzene rings is 2. The molecule has 1 N–H and O–H groups in total. The topological polar surface area (TPSA) is 105 Å². The Morgan fingerprint density at radius 3 is 2.55 bits per heavy atom. The lowest BCUT2D eigenvalue weighted by molar-refractivity contribution is -0.137. The predicted molar refractivity (Wildman–Crippen MR) is 123 cm³/mol. The number of para-hydroxylation sites is 1. The molecule has 0 aliphatic carbocycles. The van der Waals surface area contributed by atoms with E-state index < -0.39 is 17.2 Å². The molecule has 168 valence electrons. The Morgan fingerprint density at radius 1 is 1.12 bits per heavy atom. The number of rotatable bonds is 5. The molecule has 3 aromatic rings. The molecule has 3 heterocycles. The van der Waals surface area contributed by atoms with Crippen LogP contribution in [0.2, 0.25) is 0 Å². The minimum Gasteiger partial charge on any atom is -0.481 e. The molecule has 1 aromatic heterocycles. The van der Waals surface area contributed by atoms with Crippen molar-refractivity contribution in [2.45, 2.75) is 51.1 Å². The lowest BCUT2D eigenvalue weighted by Crippen LogP contribution is -2.53. The van der Waals surface area contributed by atoms with Crippen LogP contribution < -0.4 is 10.5 Å². The molecule has 1 fully saturated rings. The molecule has 5 rings (SSSR count). The summed E-state index contributed by atoms with van der Waals surface area (Å²) in [5.74, 6) is -0.345. The highest BCUT2D eigenvalue weighted by atomic mass is 16.4. The van der Waals surface area contributed by atoms with E-state index in [-0.39, 0.29) is 30.9 Å². The van der Waals surface area contributed by atoms with Gasteiger partial charge in [-0.25, -0.2) is 4.68 Å². The van der Waals surface area contributed by atoms with Crippen molar-refractivity contribution in [1.82, 2.24) is 14.8 Å². The maximum absolute atomic E-state index is 13.1. The molecule has 0 spiro atoms. The second-order valence-corrected chi connectivity index (χ2v) is 8.90. The molecule has 0 saturated carbocycles. The van der Waals surface area contributed by atoms with Crippen LogP contribution in [0.5, 0.6) is 0 Å². The summed E-state index contributed by atoms with van der Waals surface area (Å²) in [6, 6.07) is 14.9. The summed E-state index contributed by atoms with van der Waals surface area (Å²) in [6.07, 6.45) is 0.680. The van der Waals surface area contributed by atoms with Crippen molar-refractivity contribution in [2.24, 2.45) is 0 Å². The molecule has 2 aliphatic heterocycles. The second-order valence-electron chi connectivity index (χ2n) is 8.90. The molecule has 2 aliphatic rings. The monoisotopic (exact) mass is 444 g/mol. The van der Waals surface area contributed by atoms with Crippen LogP contribution in [0.1, 0.15) is 51.0 Å². The van der Waals surface area contributed by atoms with Gasteiger partial charge in [-0.2, -0.15) is 10.1 Å². The van der Waals surface area contributed by atoms with Crippen molar-refractivity contribution >= 4 is 17.6 Å². The van der Waals surface area contributed by atoms with Gasteiger partial charge in [0, 0.05) is 36.8 Å². The summed E-state index contributed by atoms with van der Waals surface area (Å²) >= 11 is 0. The van der Waals surface area contributed by atoms with Gasteiger partial charge in [-0.15, -0.1) is 0 Å². The molecule has 2 aromatic carbocycles. The van der Waals surface area contributed by atoms with Gasteiger partial charge in [0.2, 0.25) is 5.91 Å². The van der Waals surface area contributed by atoms with E-state index in [0.717, 1.165) is 5.56 Å². The largest absolute Gasteiger partial charge is 0.481 e. The van der Waals surface area contributed by atoms with Crippen LogP contribution in [0.15, 0.2) is 53.3 Å². The number of carboxylic acid groups (broad SMARTS) is 1. The van der Waals surface area contributed by atoms with Crippen molar-refractivity contribution < 1.29 is 14.7 Å². The normalized spacial score (nSPS) is 18.8. The van der Waals surface area contributed by atoms with Gasteiger partial charge in [-0.05, 0) is 23.6 Å². The highest BCUT2D eigenvalue weighted by Gasteiger charge is 2.53. The Kier molecular flexibility index (Phi) is 4.88. The minimum atomic E-state index is -1.02. The number of fused-ring (bicyclic) bond motifs is 6. The number of nitrogens with zero attached hydrogens (tertiary/aromatic N) is 4.